The Balaban J connectivity index is 2.69. The van der Waals surface area contributed by atoms with Gasteiger partial charge in [-0.15, -0.1) is 0 Å². The second-order valence-corrected chi connectivity index (χ2v) is 5.41. The zero-order valence-corrected chi connectivity index (χ0v) is 11.6. The van der Waals surface area contributed by atoms with E-state index in [9.17, 15) is 0 Å². The molecule has 1 atom stereocenters. The monoisotopic (exact) mass is 221 g/mol. The van der Waals surface area contributed by atoms with Crippen molar-refractivity contribution in [3.8, 4) is 0 Å². The topological polar surface area (TPSA) is 3.24 Å². The first-order valence-corrected chi connectivity index (χ1v) is 6.67. The SMILES string of the molecule is CCCN(CC)C1=CCC(C)(C(C)C)C=C1. The molecular weight excluding hydrogens is 194 g/mol. The smallest absolute Gasteiger partial charge is 0.0322 e. The summed E-state index contributed by atoms with van der Waals surface area (Å²) in [5.74, 6) is 0.711. The van der Waals surface area contributed by atoms with Crippen molar-refractivity contribution in [1.29, 1.82) is 0 Å². The van der Waals surface area contributed by atoms with E-state index in [0.29, 0.717) is 11.3 Å². The molecule has 0 saturated heterocycles. The molecule has 1 nitrogen and oxygen atoms in total. The molecule has 0 saturated carbocycles. The lowest BCUT2D eigenvalue weighted by molar-refractivity contribution is 0.288. The summed E-state index contributed by atoms with van der Waals surface area (Å²) in [7, 11) is 0. The van der Waals surface area contributed by atoms with Crippen LogP contribution in [0.1, 0.15) is 47.5 Å². The molecule has 1 aliphatic rings. The highest BCUT2D eigenvalue weighted by Crippen LogP contribution is 2.37. The van der Waals surface area contributed by atoms with E-state index in [1.54, 1.807) is 0 Å². The van der Waals surface area contributed by atoms with Crippen LogP contribution < -0.4 is 0 Å². The summed E-state index contributed by atoms with van der Waals surface area (Å²) in [4.78, 5) is 2.47. The maximum Gasteiger partial charge on any atom is 0.0322 e. The van der Waals surface area contributed by atoms with Gasteiger partial charge < -0.3 is 4.90 Å². The largest absolute Gasteiger partial charge is 0.372 e. The first kappa shape index (κ1) is 13.3. The van der Waals surface area contributed by atoms with Gasteiger partial charge in [-0.1, -0.05) is 39.8 Å². The van der Waals surface area contributed by atoms with Crippen LogP contribution in [0.3, 0.4) is 0 Å². The fourth-order valence-corrected chi connectivity index (χ4v) is 2.14. The second kappa shape index (κ2) is 5.56. The lowest BCUT2D eigenvalue weighted by Gasteiger charge is -2.34. The minimum absolute atomic E-state index is 0.356. The first-order valence-electron chi connectivity index (χ1n) is 6.67. The predicted molar refractivity (Wildman–Crippen MR) is 72.3 cm³/mol. The van der Waals surface area contributed by atoms with E-state index in [0.717, 1.165) is 6.54 Å². The van der Waals surface area contributed by atoms with Crippen LogP contribution in [0.2, 0.25) is 0 Å². The summed E-state index contributed by atoms with van der Waals surface area (Å²) in [6, 6.07) is 0. The van der Waals surface area contributed by atoms with Crippen molar-refractivity contribution >= 4 is 0 Å². The van der Waals surface area contributed by atoms with E-state index in [4.69, 9.17) is 0 Å². The molecule has 0 N–H and O–H groups in total. The van der Waals surface area contributed by atoms with Gasteiger partial charge >= 0.3 is 0 Å². The first-order chi connectivity index (χ1) is 7.53. The van der Waals surface area contributed by atoms with Crippen molar-refractivity contribution in [2.24, 2.45) is 11.3 Å². The number of rotatable bonds is 5. The molecule has 1 heteroatoms. The fourth-order valence-electron chi connectivity index (χ4n) is 2.14. The Bertz CT molecular complexity index is 275. The molecule has 1 aliphatic carbocycles. The third kappa shape index (κ3) is 2.90. The number of likely N-dealkylation sites (N-methyl/N-ethyl adjacent to an activating group) is 1. The van der Waals surface area contributed by atoms with Gasteiger partial charge in [0.1, 0.15) is 0 Å². The summed E-state index contributed by atoms with van der Waals surface area (Å²) >= 11 is 0. The quantitative estimate of drug-likeness (QED) is 0.671. The summed E-state index contributed by atoms with van der Waals surface area (Å²) in [5, 5.41) is 0. The molecule has 0 amide bonds. The lowest BCUT2D eigenvalue weighted by Crippen LogP contribution is -2.27. The zero-order chi connectivity index (χ0) is 12.2. The number of allylic oxidation sites excluding steroid dienone is 3. The van der Waals surface area contributed by atoms with Crippen LogP contribution in [0.25, 0.3) is 0 Å². The maximum absolute atomic E-state index is 2.47. The average molecular weight is 221 g/mol. The molecular formula is C15H27N. The molecule has 0 radical (unpaired) electrons. The molecule has 0 spiro atoms. The Morgan fingerprint density at radius 1 is 1.38 bits per heavy atom. The fraction of sp³-hybridized carbons (Fsp3) is 0.733. The summed E-state index contributed by atoms with van der Waals surface area (Å²) in [6.45, 7) is 13.7. The van der Waals surface area contributed by atoms with Gasteiger partial charge in [0.05, 0.1) is 0 Å². The Hall–Kier alpha value is -0.720. The number of hydrogen-bond acceptors (Lipinski definition) is 1. The lowest BCUT2D eigenvalue weighted by atomic mass is 9.74. The van der Waals surface area contributed by atoms with Crippen molar-refractivity contribution in [2.75, 3.05) is 13.1 Å². The molecule has 0 fully saturated rings. The van der Waals surface area contributed by atoms with E-state index < -0.39 is 0 Å². The summed E-state index contributed by atoms with van der Waals surface area (Å²) in [6.07, 6.45) is 9.55. The third-order valence-corrected chi connectivity index (χ3v) is 3.95. The van der Waals surface area contributed by atoms with Crippen molar-refractivity contribution in [1.82, 2.24) is 4.90 Å². The second-order valence-electron chi connectivity index (χ2n) is 5.41. The van der Waals surface area contributed by atoms with Crippen LogP contribution in [0.15, 0.2) is 23.9 Å². The minimum atomic E-state index is 0.356. The Morgan fingerprint density at radius 2 is 2.06 bits per heavy atom. The van der Waals surface area contributed by atoms with Crippen LogP contribution >= 0.6 is 0 Å². The molecule has 0 bridgehead atoms. The van der Waals surface area contributed by atoms with Gasteiger partial charge in [-0.05, 0) is 37.2 Å². The number of nitrogens with zero attached hydrogens (tertiary/aromatic N) is 1. The third-order valence-electron chi connectivity index (χ3n) is 3.95. The predicted octanol–water partition coefficient (Wildman–Crippen LogP) is 4.22. The van der Waals surface area contributed by atoms with Crippen LogP contribution in [0.4, 0.5) is 0 Å². The van der Waals surface area contributed by atoms with Gasteiger partial charge in [0.2, 0.25) is 0 Å². The number of hydrogen-bond donors (Lipinski definition) is 0. The van der Waals surface area contributed by atoms with E-state index in [1.165, 1.54) is 25.1 Å². The average Bonchev–Trinajstić information content (AvgIpc) is 2.27. The standard InChI is InChI=1S/C15H27N/c1-6-12-16(7-2)14-8-10-15(5,11-9-14)13(3)4/h8-10,13H,6-7,11-12H2,1-5H3. The Kier molecular flexibility index (Phi) is 4.64. The van der Waals surface area contributed by atoms with Crippen LogP contribution in [-0.4, -0.2) is 18.0 Å². The minimum Gasteiger partial charge on any atom is -0.372 e. The van der Waals surface area contributed by atoms with Gasteiger partial charge in [0.25, 0.3) is 0 Å². The molecule has 1 unspecified atom stereocenters. The van der Waals surface area contributed by atoms with Gasteiger partial charge in [0.15, 0.2) is 0 Å². The zero-order valence-electron chi connectivity index (χ0n) is 11.6. The van der Waals surface area contributed by atoms with Gasteiger partial charge in [0, 0.05) is 18.8 Å². The highest BCUT2D eigenvalue weighted by molar-refractivity contribution is 5.25. The normalized spacial score (nSPS) is 24.8. The van der Waals surface area contributed by atoms with E-state index >= 15 is 0 Å². The van der Waals surface area contributed by atoms with Gasteiger partial charge in [-0.25, -0.2) is 0 Å². The Labute approximate surface area is 101 Å². The van der Waals surface area contributed by atoms with Crippen LogP contribution in [0, 0.1) is 11.3 Å². The van der Waals surface area contributed by atoms with Gasteiger partial charge in [-0.2, -0.15) is 0 Å². The Morgan fingerprint density at radius 3 is 2.44 bits per heavy atom. The maximum atomic E-state index is 2.47. The molecule has 0 aromatic carbocycles. The highest BCUT2D eigenvalue weighted by Gasteiger charge is 2.26. The van der Waals surface area contributed by atoms with E-state index in [2.05, 4.69) is 57.7 Å². The molecule has 0 aromatic heterocycles. The molecule has 1 rings (SSSR count). The highest BCUT2D eigenvalue weighted by atomic mass is 15.1. The van der Waals surface area contributed by atoms with E-state index in [-0.39, 0.29) is 0 Å². The summed E-state index contributed by atoms with van der Waals surface area (Å²) < 4.78 is 0. The van der Waals surface area contributed by atoms with Crippen molar-refractivity contribution in [3.63, 3.8) is 0 Å². The van der Waals surface area contributed by atoms with Gasteiger partial charge in [-0.3, -0.25) is 0 Å². The van der Waals surface area contributed by atoms with E-state index in [1.807, 2.05) is 0 Å². The van der Waals surface area contributed by atoms with Crippen molar-refractivity contribution in [3.05, 3.63) is 23.9 Å². The molecule has 0 heterocycles. The molecule has 0 aromatic rings. The van der Waals surface area contributed by atoms with Crippen molar-refractivity contribution in [2.45, 2.75) is 47.5 Å². The molecule has 16 heavy (non-hydrogen) atoms. The summed E-state index contributed by atoms with van der Waals surface area (Å²) in [5.41, 5.74) is 1.78. The van der Waals surface area contributed by atoms with Crippen LogP contribution in [-0.2, 0) is 0 Å². The molecule has 0 aliphatic heterocycles. The van der Waals surface area contributed by atoms with Crippen LogP contribution in [0.5, 0.6) is 0 Å². The molecule has 92 valence electrons. The van der Waals surface area contributed by atoms with Crippen molar-refractivity contribution < 1.29 is 0 Å².